The summed E-state index contributed by atoms with van der Waals surface area (Å²) in [5.41, 5.74) is 1.31. The molecule has 1 amide bonds. The number of methoxy groups -OCH3 is 1. The highest BCUT2D eigenvalue weighted by Gasteiger charge is 2.39. The fraction of sp³-hybridized carbons (Fsp3) is 0.737. The average molecular weight is 468 g/mol. The summed E-state index contributed by atoms with van der Waals surface area (Å²) in [6.07, 6.45) is -3.09. The number of ether oxygens (including phenoxy) is 2. The molecule has 0 aliphatic carbocycles. The maximum absolute atomic E-state index is 12.0. The number of thiazole rings is 1. The topological polar surface area (TPSA) is 92.2 Å². The number of piperidine rings is 1. The van der Waals surface area contributed by atoms with E-state index >= 15 is 0 Å². The monoisotopic (exact) mass is 467 g/mol. The maximum Gasteiger partial charge on any atom is 0.490 e. The molecule has 0 atom stereocenters. The molecule has 176 valence electrons. The number of nitrogens with zero attached hydrogens (tertiary/aromatic N) is 3. The van der Waals surface area contributed by atoms with Crippen LogP contribution in [0.25, 0.3) is 0 Å². The summed E-state index contributed by atoms with van der Waals surface area (Å²) >= 11 is 1.71. The number of aromatic nitrogens is 1. The predicted octanol–water partition coefficient (Wildman–Crippen LogP) is 2.17. The summed E-state index contributed by atoms with van der Waals surface area (Å²) in [6, 6.07) is 0. The molecule has 0 saturated carbocycles. The first-order valence-corrected chi connectivity index (χ1v) is 10.7. The first-order valence-electron chi connectivity index (χ1n) is 9.82. The zero-order valence-electron chi connectivity index (χ0n) is 17.6. The van der Waals surface area contributed by atoms with Crippen LogP contribution in [0.15, 0.2) is 5.38 Å². The zero-order valence-corrected chi connectivity index (χ0v) is 18.4. The number of carboxylic acids is 1. The van der Waals surface area contributed by atoms with E-state index in [0.29, 0.717) is 0 Å². The van der Waals surface area contributed by atoms with Crippen molar-refractivity contribution < 1.29 is 37.3 Å². The standard InChI is InChI=1S/C17H27N3O3S.C2HF3O2/c1-14-18-15(11-24-14)9-19-7-8-23-13-17(12-19)3-5-20(6-4-17)16(21)10-22-2;3-2(4,5)1(6)7/h11H,3-10,12-13H2,1-2H3;(H,6,7). The van der Waals surface area contributed by atoms with Crippen LogP contribution in [0.5, 0.6) is 0 Å². The second-order valence-corrected chi connectivity index (χ2v) is 8.80. The number of alkyl halides is 3. The van der Waals surface area contributed by atoms with Crippen LogP contribution in [-0.2, 0) is 25.6 Å². The van der Waals surface area contributed by atoms with E-state index in [4.69, 9.17) is 19.4 Å². The lowest BCUT2D eigenvalue weighted by Gasteiger charge is -2.42. The Morgan fingerprint density at radius 2 is 1.97 bits per heavy atom. The van der Waals surface area contributed by atoms with Crippen molar-refractivity contribution in [3.8, 4) is 0 Å². The van der Waals surface area contributed by atoms with E-state index in [0.717, 1.165) is 69.5 Å². The highest BCUT2D eigenvalue weighted by Crippen LogP contribution is 2.34. The Labute approximate surface area is 182 Å². The molecule has 0 aromatic carbocycles. The minimum absolute atomic E-state index is 0.0942. The molecule has 12 heteroatoms. The zero-order chi connectivity index (χ0) is 23.1. The van der Waals surface area contributed by atoms with Crippen molar-refractivity contribution in [2.45, 2.75) is 32.5 Å². The predicted molar refractivity (Wildman–Crippen MR) is 107 cm³/mol. The van der Waals surface area contributed by atoms with Gasteiger partial charge in [0.1, 0.15) is 6.61 Å². The van der Waals surface area contributed by atoms with Crippen LogP contribution in [0.2, 0.25) is 0 Å². The SMILES string of the molecule is COCC(=O)N1CCC2(CC1)COCCN(Cc1csc(C)n1)C2.O=C(O)C(F)(F)F. The Bertz CT molecular complexity index is 736. The van der Waals surface area contributed by atoms with E-state index in [9.17, 15) is 18.0 Å². The van der Waals surface area contributed by atoms with Crippen LogP contribution in [0, 0.1) is 12.3 Å². The van der Waals surface area contributed by atoms with Gasteiger partial charge in [-0.2, -0.15) is 13.2 Å². The van der Waals surface area contributed by atoms with E-state index in [-0.39, 0.29) is 17.9 Å². The van der Waals surface area contributed by atoms with Gasteiger partial charge in [0.2, 0.25) is 5.91 Å². The van der Waals surface area contributed by atoms with Gasteiger partial charge in [0.05, 0.1) is 23.9 Å². The number of aliphatic carboxylic acids is 1. The first-order chi connectivity index (χ1) is 14.5. The van der Waals surface area contributed by atoms with Crippen LogP contribution in [0.1, 0.15) is 23.5 Å². The van der Waals surface area contributed by atoms with Crippen LogP contribution in [0.4, 0.5) is 13.2 Å². The van der Waals surface area contributed by atoms with Gasteiger partial charge in [0.15, 0.2) is 0 Å². The van der Waals surface area contributed by atoms with Gasteiger partial charge in [-0.05, 0) is 19.8 Å². The maximum atomic E-state index is 12.0. The molecule has 3 rings (SSSR count). The van der Waals surface area contributed by atoms with Crippen LogP contribution in [0.3, 0.4) is 0 Å². The summed E-state index contributed by atoms with van der Waals surface area (Å²) in [7, 11) is 1.57. The molecule has 0 bridgehead atoms. The molecule has 31 heavy (non-hydrogen) atoms. The van der Waals surface area contributed by atoms with E-state index in [2.05, 4.69) is 15.3 Å². The Morgan fingerprint density at radius 1 is 1.32 bits per heavy atom. The normalized spacial score (nSPS) is 19.5. The third-order valence-electron chi connectivity index (χ3n) is 5.26. The van der Waals surface area contributed by atoms with Crippen molar-refractivity contribution in [3.05, 3.63) is 16.1 Å². The number of amides is 1. The molecule has 1 N–H and O–H groups in total. The van der Waals surface area contributed by atoms with Crippen molar-refractivity contribution >= 4 is 23.2 Å². The molecule has 0 unspecified atom stereocenters. The van der Waals surface area contributed by atoms with Gasteiger partial charge in [-0.15, -0.1) is 11.3 Å². The second kappa shape index (κ2) is 11.2. The summed E-state index contributed by atoms with van der Waals surface area (Å²) in [5.74, 6) is -2.66. The Morgan fingerprint density at radius 3 is 2.48 bits per heavy atom. The molecule has 2 aliphatic rings. The molecule has 1 aromatic heterocycles. The number of carbonyl (C=O) groups excluding carboxylic acids is 1. The first kappa shape index (κ1) is 25.5. The van der Waals surface area contributed by atoms with Gasteiger partial charge >= 0.3 is 12.1 Å². The Hall–Kier alpha value is -1.76. The number of hydrogen-bond acceptors (Lipinski definition) is 7. The van der Waals surface area contributed by atoms with Crippen molar-refractivity contribution in [1.29, 1.82) is 0 Å². The van der Waals surface area contributed by atoms with E-state index in [1.165, 1.54) is 0 Å². The summed E-state index contributed by atoms with van der Waals surface area (Å²) in [6.45, 7) is 8.27. The second-order valence-electron chi connectivity index (χ2n) is 7.74. The summed E-state index contributed by atoms with van der Waals surface area (Å²) < 4.78 is 42.6. The lowest BCUT2D eigenvalue weighted by molar-refractivity contribution is -0.192. The molecular formula is C19H28F3N3O5S. The van der Waals surface area contributed by atoms with Gasteiger partial charge < -0.3 is 19.5 Å². The summed E-state index contributed by atoms with van der Waals surface area (Å²) in [5, 5.41) is 10.4. The number of hydrogen-bond donors (Lipinski definition) is 1. The van der Waals surface area contributed by atoms with Gasteiger partial charge in [0.25, 0.3) is 0 Å². The number of carboxylic acid groups (broad SMARTS) is 1. The Balaban J connectivity index is 0.000000423. The van der Waals surface area contributed by atoms with Crippen molar-refractivity contribution in [1.82, 2.24) is 14.8 Å². The van der Waals surface area contributed by atoms with Gasteiger partial charge in [-0.3, -0.25) is 9.69 Å². The van der Waals surface area contributed by atoms with Crippen LogP contribution in [-0.4, -0.2) is 91.1 Å². The molecule has 2 aliphatic heterocycles. The third kappa shape index (κ3) is 8.02. The smallest absolute Gasteiger partial charge is 0.475 e. The van der Waals surface area contributed by atoms with Gasteiger partial charge in [-0.25, -0.2) is 9.78 Å². The molecule has 2 saturated heterocycles. The Kier molecular flexibility index (Phi) is 9.22. The summed E-state index contributed by atoms with van der Waals surface area (Å²) in [4.78, 5) is 29.9. The largest absolute Gasteiger partial charge is 0.490 e. The molecule has 8 nitrogen and oxygen atoms in total. The van der Waals surface area contributed by atoms with E-state index < -0.39 is 12.1 Å². The quantitative estimate of drug-likeness (QED) is 0.726. The molecule has 0 radical (unpaired) electrons. The van der Waals surface area contributed by atoms with Crippen LogP contribution < -0.4 is 0 Å². The highest BCUT2D eigenvalue weighted by molar-refractivity contribution is 7.09. The number of likely N-dealkylation sites (tertiary alicyclic amines) is 1. The van der Waals surface area contributed by atoms with Gasteiger partial charge in [-0.1, -0.05) is 0 Å². The van der Waals surface area contributed by atoms with E-state index in [1.807, 2.05) is 11.8 Å². The molecule has 1 spiro atoms. The fourth-order valence-corrected chi connectivity index (χ4v) is 4.28. The minimum Gasteiger partial charge on any atom is -0.475 e. The van der Waals surface area contributed by atoms with Crippen molar-refractivity contribution in [2.24, 2.45) is 5.41 Å². The van der Waals surface area contributed by atoms with Crippen molar-refractivity contribution in [2.75, 3.05) is 53.1 Å². The average Bonchev–Trinajstić information content (AvgIpc) is 3.00. The molecule has 1 aromatic rings. The lowest BCUT2D eigenvalue weighted by Crippen LogP contribution is -2.49. The fourth-order valence-electron chi connectivity index (χ4n) is 3.67. The van der Waals surface area contributed by atoms with Crippen LogP contribution >= 0.6 is 11.3 Å². The molecular weight excluding hydrogens is 439 g/mol. The minimum atomic E-state index is -5.08. The molecule has 3 heterocycles. The number of carbonyl (C=O) groups is 2. The number of rotatable bonds is 4. The van der Waals surface area contributed by atoms with Crippen molar-refractivity contribution in [3.63, 3.8) is 0 Å². The third-order valence-corrected chi connectivity index (χ3v) is 6.08. The molecule has 2 fully saturated rings. The number of halogens is 3. The highest BCUT2D eigenvalue weighted by atomic mass is 32.1. The number of aryl methyl sites for hydroxylation is 1. The van der Waals surface area contributed by atoms with E-state index in [1.54, 1.807) is 18.4 Å². The lowest BCUT2D eigenvalue weighted by atomic mass is 9.78. The van der Waals surface area contributed by atoms with Gasteiger partial charge in [0, 0.05) is 50.6 Å².